The molecule has 3 N–H and O–H groups in total. The van der Waals surface area contributed by atoms with Crippen LogP contribution in [0.5, 0.6) is 0 Å². The lowest BCUT2D eigenvalue weighted by molar-refractivity contribution is -0.120. The summed E-state index contributed by atoms with van der Waals surface area (Å²) in [6.07, 6.45) is 1.64. The van der Waals surface area contributed by atoms with Crippen molar-refractivity contribution in [2.75, 3.05) is 11.9 Å². The van der Waals surface area contributed by atoms with Crippen LogP contribution < -0.4 is 11.1 Å². The molecule has 0 saturated heterocycles. The van der Waals surface area contributed by atoms with Gasteiger partial charge in [-0.15, -0.1) is 12.4 Å². The zero-order valence-corrected chi connectivity index (χ0v) is 14.7. The number of nitrogens with two attached hydrogens (primary N) is 1. The molecule has 1 aromatic carbocycles. The second kappa shape index (κ2) is 7.99. The number of rotatable bonds is 5. The molecule has 0 aliphatic rings. The summed E-state index contributed by atoms with van der Waals surface area (Å²) in [7, 11) is 1.71. The van der Waals surface area contributed by atoms with E-state index in [1.54, 1.807) is 49.9 Å². The molecule has 2 aromatic rings. The van der Waals surface area contributed by atoms with Crippen molar-refractivity contribution in [2.24, 2.45) is 12.8 Å². The van der Waals surface area contributed by atoms with Gasteiger partial charge in [0.2, 0.25) is 5.91 Å². The third kappa shape index (κ3) is 4.15. The first-order valence-corrected chi connectivity index (χ1v) is 7.35. The second-order valence-corrected chi connectivity index (χ2v) is 5.47. The molecule has 0 fully saturated rings. The van der Waals surface area contributed by atoms with Gasteiger partial charge in [0.15, 0.2) is 0 Å². The number of halogens is 1. The highest BCUT2D eigenvalue weighted by atomic mass is 35.5. The van der Waals surface area contributed by atoms with E-state index in [1.807, 2.05) is 18.2 Å². The van der Waals surface area contributed by atoms with Crippen molar-refractivity contribution < 1.29 is 14.3 Å². The Labute approximate surface area is 147 Å². The van der Waals surface area contributed by atoms with Crippen LogP contribution in [-0.4, -0.2) is 23.1 Å². The van der Waals surface area contributed by atoms with Gasteiger partial charge in [0.25, 0.3) is 0 Å². The normalized spacial score (nSPS) is 12.7. The minimum absolute atomic E-state index is 0. The summed E-state index contributed by atoms with van der Waals surface area (Å²) in [6.45, 7) is 3.68. The van der Waals surface area contributed by atoms with Gasteiger partial charge in [0.1, 0.15) is 11.2 Å². The molecule has 0 spiro atoms. The summed E-state index contributed by atoms with van der Waals surface area (Å²) in [5.41, 5.74) is 6.55. The second-order valence-electron chi connectivity index (χ2n) is 5.47. The molecule has 1 aromatic heterocycles. The standard InChI is InChI=1S/C17H21N3O3.ClH/c1-4-23-15(21)14-10-13(11-20(14)3)19-16(22)17(2,18)12-8-6-5-7-9-12;/h5-11H,4,18H2,1-3H3,(H,19,22);1H. The maximum atomic E-state index is 12.5. The molecule has 6 nitrogen and oxygen atoms in total. The minimum atomic E-state index is -1.18. The molecule has 0 bridgehead atoms. The van der Waals surface area contributed by atoms with Gasteiger partial charge in [0, 0.05) is 13.2 Å². The molecular weight excluding hydrogens is 330 g/mol. The van der Waals surface area contributed by atoms with Gasteiger partial charge in [-0.3, -0.25) is 4.79 Å². The van der Waals surface area contributed by atoms with Crippen molar-refractivity contribution in [2.45, 2.75) is 19.4 Å². The number of hydrogen-bond acceptors (Lipinski definition) is 4. The van der Waals surface area contributed by atoms with Crippen LogP contribution in [0.3, 0.4) is 0 Å². The Bertz CT molecular complexity index is 711. The van der Waals surface area contributed by atoms with E-state index < -0.39 is 11.5 Å². The van der Waals surface area contributed by atoms with E-state index in [-0.39, 0.29) is 18.3 Å². The number of hydrogen-bond donors (Lipinski definition) is 2. The van der Waals surface area contributed by atoms with Crippen LogP contribution in [0.4, 0.5) is 5.69 Å². The fraction of sp³-hybridized carbons (Fsp3) is 0.294. The lowest BCUT2D eigenvalue weighted by atomic mass is 9.92. The molecule has 24 heavy (non-hydrogen) atoms. The Morgan fingerprint density at radius 1 is 1.29 bits per heavy atom. The first-order chi connectivity index (χ1) is 10.9. The van der Waals surface area contributed by atoms with Gasteiger partial charge in [-0.2, -0.15) is 0 Å². The molecule has 0 aliphatic heterocycles. The molecule has 1 amide bonds. The van der Waals surface area contributed by atoms with E-state index in [9.17, 15) is 9.59 Å². The Hall–Kier alpha value is -2.31. The number of anilines is 1. The van der Waals surface area contributed by atoms with Crippen LogP contribution >= 0.6 is 12.4 Å². The number of nitrogens with one attached hydrogen (secondary N) is 1. The van der Waals surface area contributed by atoms with Crippen molar-refractivity contribution in [3.8, 4) is 0 Å². The molecule has 2 rings (SSSR count). The molecule has 130 valence electrons. The van der Waals surface area contributed by atoms with E-state index >= 15 is 0 Å². The van der Waals surface area contributed by atoms with E-state index in [2.05, 4.69) is 5.32 Å². The summed E-state index contributed by atoms with van der Waals surface area (Å²) in [5.74, 6) is -0.793. The van der Waals surface area contributed by atoms with Crippen LogP contribution in [0.25, 0.3) is 0 Å². The van der Waals surface area contributed by atoms with Crippen LogP contribution in [0, 0.1) is 0 Å². The van der Waals surface area contributed by atoms with Gasteiger partial charge >= 0.3 is 5.97 Å². The first kappa shape index (κ1) is 19.7. The molecule has 0 saturated carbocycles. The number of carbonyl (C=O) groups is 2. The first-order valence-electron chi connectivity index (χ1n) is 7.35. The van der Waals surface area contributed by atoms with Gasteiger partial charge in [-0.05, 0) is 25.5 Å². The summed E-state index contributed by atoms with van der Waals surface area (Å²) >= 11 is 0. The quantitative estimate of drug-likeness (QED) is 0.810. The van der Waals surface area contributed by atoms with E-state index in [4.69, 9.17) is 10.5 Å². The topological polar surface area (TPSA) is 86.3 Å². The number of nitrogens with zero attached hydrogens (tertiary/aromatic N) is 1. The SMILES string of the molecule is CCOC(=O)c1cc(NC(=O)C(C)(N)c2ccccc2)cn1C.Cl. The van der Waals surface area contributed by atoms with E-state index in [1.165, 1.54) is 0 Å². The Balaban J connectivity index is 0.00000288. The van der Waals surface area contributed by atoms with Crippen molar-refractivity contribution in [3.63, 3.8) is 0 Å². The maximum absolute atomic E-state index is 12.5. The molecule has 0 aliphatic carbocycles. The zero-order valence-electron chi connectivity index (χ0n) is 13.9. The van der Waals surface area contributed by atoms with E-state index in [0.717, 1.165) is 0 Å². The number of ether oxygens (including phenoxy) is 1. The van der Waals surface area contributed by atoms with Crippen LogP contribution in [0.15, 0.2) is 42.6 Å². The fourth-order valence-corrected chi connectivity index (χ4v) is 2.22. The fourth-order valence-electron chi connectivity index (χ4n) is 2.22. The molecule has 1 heterocycles. The third-order valence-electron chi connectivity index (χ3n) is 3.59. The number of benzene rings is 1. The third-order valence-corrected chi connectivity index (χ3v) is 3.59. The number of aryl methyl sites for hydroxylation is 1. The number of carbonyl (C=O) groups excluding carboxylic acids is 2. The average molecular weight is 352 g/mol. The maximum Gasteiger partial charge on any atom is 0.355 e. The van der Waals surface area contributed by atoms with Crippen molar-refractivity contribution >= 4 is 30.0 Å². The highest BCUT2D eigenvalue weighted by Gasteiger charge is 2.30. The monoisotopic (exact) mass is 351 g/mol. The van der Waals surface area contributed by atoms with Crippen molar-refractivity contribution in [1.82, 2.24) is 4.57 Å². The average Bonchev–Trinajstić information content (AvgIpc) is 2.89. The lowest BCUT2D eigenvalue weighted by Gasteiger charge is -2.23. The molecule has 7 heteroatoms. The number of aromatic nitrogens is 1. The zero-order chi connectivity index (χ0) is 17.0. The van der Waals surface area contributed by atoms with Gasteiger partial charge in [-0.25, -0.2) is 4.79 Å². The van der Waals surface area contributed by atoms with Gasteiger partial charge < -0.3 is 20.4 Å². The summed E-state index contributed by atoms with van der Waals surface area (Å²) in [5, 5.41) is 2.75. The lowest BCUT2D eigenvalue weighted by Crippen LogP contribution is -2.45. The highest BCUT2D eigenvalue weighted by molar-refractivity contribution is 5.99. The van der Waals surface area contributed by atoms with Crippen molar-refractivity contribution in [3.05, 3.63) is 53.9 Å². The summed E-state index contributed by atoms with van der Waals surface area (Å²) < 4.78 is 6.57. The Morgan fingerprint density at radius 3 is 2.50 bits per heavy atom. The Morgan fingerprint density at radius 2 is 1.92 bits per heavy atom. The predicted octanol–water partition coefficient (Wildman–Crippen LogP) is 2.44. The van der Waals surface area contributed by atoms with Crippen LogP contribution in [0.1, 0.15) is 29.9 Å². The predicted molar refractivity (Wildman–Crippen MR) is 95.2 cm³/mol. The van der Waals surface area contributed by atoms with Crippen LogP contribution in [-0.2, 0) is 22.1 Å². The molecular formula is C17H22ClN3O3. The van der Waals surface area contributed by atoms with Crippen LogP contribution in [0.2, 0.25) is 0 Å². The van der Waals surface area contributed by atoms with E-state index in [0.29, 0.717) is 23.6 Å². The number of amides is 1. The van der Waals surface area contributed by atoms with Crippen molar-refractivity contribution in [1.29, 1.82) is 0 Å². The summed E-state index contributed by atoms with van der Waals surface area (Å²) in [4.78, 5) is 24.3. The minimum Gasteiger partial charge on any atom is -0.461 e. The Kier molecular flexibility index (Phi) is 6.57. The molecule has 1 unspecified atom stereocenters. The largest absolute Gasteiger partial charge is 0.461 e. The van der Waals surface area contributed by atoms with Gasteiger partial charge in [-0.1, -0.05) is 30.3 Å². The van der Waals surface area contributed by atoms with Gasteiger partial charge in [0.05, 0.1) is 12.3 Å². The number of esters is 1. The highest BCUT2D eigenvalue weighted by Crippen LogP contribution is 2.21. The smallest absolute Gasteiger partial charge is 0.355 e. The molecule has 1 atom stereocenters. The summed E-state index contributed by atoms with van der Waals surface area (Å²) in [6, 6.07) is 10.7. The molecule has 0 radical (unpaired) electrons.